The van der Waals surface area contributed by atoms with Gasteiger partial charge in [-0.1, -0.05) is 47.5 Å². The molecule has 1 aliphatic rings. The SMILES string of the molecule is Cn1c(C(=O)O)c(-c2cc(Cl)cc(Cl)c2)c2c1-c1ccccc1CC2. The van der Waals surface area contributed by atoms with E-state index in [1.807, 2.05) is 18.2 Å². The second kappa shape index (κ2) is 5.94. The average molecular weight is 372 g/mol. The Morgan fingerprint density at radius 2 is 1.76 bits per heavy atom. The van der Waals surface area contributed by atoms with Crippen molar-refractivity contribution in [2.24, 2.45) is 7.05 Å². The zero-order valence-electron chi connectivity index (χ0n) is 13.5. The van der Waals surface area contributed by atoms with Gasteiger partial charge >= 0.3 is 5.97 Å². The van der Waals surface area contributed by atoms with Gasteiger partial charge in [0.1, 0.15) is 5.69 Å². The van der Waals surface area contributed by atoms with Crippen molar-refractivity contribution in [2.75, 3.05) is 0 Å². The van der Waals surface area contributed by atoms with E-state index in [1.165, 1.54) is 5.56 Å². The molecule has 0 saturated carbocycles. The highest BCUT2D eigenvalue weighted by atomic mass is 35.5. The molecule has 1 aliphatic carbocycles. The zero-order chi connectivity index (χ0) is 17.7. The van der Waals surface area contributed by atoms with Crippen molar-refractivity contribution in [1.82, 2.24) is 4.57 Å². The topological polar surface area (TPSA) is 42.2 Å². The summed E-state index contributed by atoms with van der Waals surface area (Å²) in [6.45, 7) is 0. The van der Waals surface area contributed by atoms with Gasteiger partial charge in [0, 0.05) is 28.2 Å². The number of carbonyl (C=O) groups is 1. The van der Waals surface area contributed by atoms with Gasteiger partial charge in [0.2, 0.25) is 0 Å². The number of hydrogen-bond donors (Lipinski definition) is 1. The number of benzene rings is 2. The Kier molecular flexibility index (Phi) is 3.86. The first-order valence-electron chi connectivity index (χ1n) is 7.97. The Labute approximate surface area is 155 Å². The summed E-state index contributed by atoms with van der Waals surface area (Å²) >= 11 is 12.3. The van der Waals surface area contributed by atoms with Crippen LogP contribution >= 0.6 is 23.2 Å². The van der Waals surface area contributed by atoms with Crippen LogP contribution in [0.25, 0.3) is 22.4 Å². The van der Waals surface area contributed by atoms with Crippen molar-refractivity contribution in [3.05, 3.63) is 69.3 Å². The van der Waals surface area contributed by atoms with E-state index in [0.29, 0.717) is 15.6 Å². The molecule has 1 N–H and O–H groups in total. The molecule has 0 spiro atoms. The van der Waals surface area contributed by atoms with Gasteiger partial charge in [-0.05, 0) is 47.7 Å². The van der Waals surface area contributed by atoms with Gasteiger partial charge in [0.05, 0.1) is 5.69 Å². The summed E-state index contributed by atoms with van der Waals surface area (Å²) in [5.41, 5.74) is 6.05. The standard InChI is InChI=1S/C20H15Cl2NO2/c1-23-18-15-5-3-2-4-11(15)6-7-16(18)17(19(23)20(24)25)12-8-13(21)10-14(22)9-12/h2-5,8-10H,6-7H2,1H3,(H,24,25). The van der Waals surface area contributed by atoms with E-state index in [1.54, 1.807) is 29.8 Å². The van der Waals surface area contributed by atoms with Crippen LogP contribution in [0.2, 0.25) is 10.0 Å². The summed E-state index contributed by atoms with van der Waals surface area (Å²) in [4.78, 5) is 12.0. The molecular formula is C20H15Cl2NO2. The van der Waals surface area contributed by atoms with Crippen LogP contribution in [0.15, 0.2) is 42.5 Å². The van der Waals surface area contributed by atoms with Crippen molar-refractivity contribution in [1.29, 1.82) is 0 Å². The summed E-state index contributed by atoms with van der Waals surface area (Å²) in [6.07, 6.45) is 1.67. The molecule has 3 nitrogen and oxygen atoms in total. The van der Waals surface area contributed by atoms with Gasteiger partial charge in [0.15, 0.2) is 0 Å². The molecule has 2 aromatic carbocycles. The van der Waals surface area contributed by atoms with Crippen LogP contribution in [0, 0.1) is 0 Å². The van der Waals surface area contributed by atoms with Crippen molar-refractivity contribution in [3.8, 4) is 22.4 Å². The summed E-state index contributed by atoms with van der Waals surface area (Å²) in [5, 5.41) is 10.8. The van der Waals surface area contributed by atoms with Crippen molar-refractivity contribution >= 4 is 29.2 Å². The molecule has 25 heavy (non-hydrogen) atoms. The van der Waals surface area contributed by atoms with E-state index in [4.69, 9.17) is 23.2 Å². The van der Waals surface area contributed by atoms with Crippen LogP contribution < -0.4 is 0 Å². The maximum atomic E-state index is 12.0. The monoisotopic (exact) mass is 371 g/mol. The number of carboxylic acid groups (broad SMARTS) is 1. The lowest BCUT2D eigenvalue weighted by molar-refractivity contribution is 0.0687. The first-order chi connectivity index (χ1) is 12.0. The summed E-state index contributed by atoms with van der Waals surface area (Å²) < 4.78 is 1.78. The van der Waals surface area contributed by atoms with Gasteiger partial charge in [0.25, 0.3) is 0 Å². The largest absolute Gasteiger partial charge is 0.477 e. The van der Waals surface area contributed by atoms with Gasteiger partial charge in [-0.15, -0.1) is 0 Å². The Morgan fingerprint density at radius 3 is 2.44 bits per heavy atom. The smallest absolute Gasteiger partial charge is 0.353 e. The fourth-order valence-electron chi connectivity index (χ4n) is 3.82. The Bertz CT molecular complexity index is 1000. The molecule has 5 heteroatoms. The van der Waals surface area contributed by atoms with Gasteiger partial charge in [-0.3, -0.25) is 0 Å². The van der Waals surface area contributed by atoms with E-state index < -0.39 is 5.97 Å². The fraction of sp³-hybridized carbons (Fsp3) is 0.150. The second-order valence-electron chi connectivity index (χ2n) is 6.23. The predicted octanol–water partition coefficient (Wildman–Crippen LogP) is 5.46. The van der Waals surface area contributed by atoms with E-state index >= 15 is 0 Å². The lowest BCUT2D eigenvalue weighted by Gasteiger charge is -2.19. The number of halogens is 2. The summed E-state index contributed by atoms with van der Waals surface area (Å²) in [7, 11) is 1.81. The van der Waals surface area contributed by atoms with Crippen molar-refractivity contribution < 1.29 is 9.90 Å². The minimum atomic E-state index is -0.958. The maximum absolute atomic E-state index is 12.0. The van der Waals surface area contributed by atoms with E-state index in [-0.39, 0.29) is 5.69 Å². The minimum Gasteiger partial charge on any atom is -0.477 e. The molecule has 0 unspecified atom stereocenters. The molecule has 0 atom stereocenters. The first kappa shape index (κ1) is 16.2. The van der Waals surface area contributed by atoms with Crippen molar-refractivity contribution in [3.63, 3.8) is 0 Å². The van der Waals surface area contributed by atoms with Gasteiger partial charge in [-0.25, -0.2) is 4.79 Å². The third kappa shape index (κ3) is 2.55. The van der Waals surface area contributed by atoms with Crippen LogP contribution in [0.4, 0.5) is 0 Å². The Morgan fingerprint density at radius 1 is 1.08 bits per heavy atom. The lowest BCUT2D eigenvalue weighted by Crippen LogP contribution is -2.08. The first-order valence-corrected chi connectivity index (χ1v) is 8.72. The molecule has 0 bridgehead atoms. The van der Waals surface area contributed by atoms with Gasteiger partial charge in [-0.2, -0.15) is 0 Å². The molecule has 0 saturated heterocycles. The number of rotatable bonds is 2. The van der Waals surface area contributed by atoms with Crippen LogP contribution in [0.1, 0.15) is 21.6 Å². The maximum Gasteiger partial charge on any atom is 0.353 e. The normalized spacial score (nSPS) is 12.6. The van der Waals surface area contributed by atoms with Crippen LogP contribution in [0.3, 0.4) is 0 Å². The number of carboxylic acids is 1. The number of hydrogen-bond acceptors (Lipinski definition) is 1. The second-order valence-corrected chi connectivity index (χ2v) is 7.10. The Balaban J connectivity index is 2.08. The number of nitrogens with zero attached hydrogens (tertiary/aromatic N) is 1. The number of fused-ring (bicyclic) bond motifs is 3. The lowest BCUT2D eigenvalue weighted by atomic mass is 9.86. The van der Waals surface area contributed by atoms with Crippen LogP contribution in [-0.2, 0) is 19.9 Å². The van der Waals surface area contributed by atoms with Crippen molar-refractivity contribution in [2.45, 2.75) is 12.8 Å². The van der Waals surface area contributed by atoms with Gasteiger partial charge < -0.3 is 9.67 Å². The molecule has 3 aromatic rings. The number of aromatic carboxylic acids is 1. The number of aromatic nitrogens is 1. The molecule has 1 heterocycles. The molecule has 1 aromatic heterocycles. The van der Waals surface area contributed by atoms with E-state index in [0.717, 1.165) is 35.2 Å². The highest BCUT2D eigenvalue weighted by molar-refractivity contribution is 6.35. The average Bonchev–Trinajstić information content (AvgIpc) is 2.87. The fourth-order valence-corrected chi connectivity index (χ4v) is 4.34. The van der Waals surface area contributed by atoms with Crippen LogP contribution in [0.5, 0.6) is 0 Å². The molecule has 4 rings (SSSR count). The molecular weight excluding hydrogens is 357 g/mol. The third-order valence-electron chi connectivity index (χ3n) is 4.77. The third-order valence-corrected chi connectivity index (χ3v) is 5.20. The Hall–Kier alpha value is -2.23. The summed E-state index contributed by atoms with van der Waals surface area (Å²) in [6, 6.07) is 13.3. The zero-order valence-corrected chi connectivity index (χ0v) is 15.0. The van der Waals surface area contributed by atoms with E-state index in [9.17, 15) is 9.90 Å². The highest BCUT2D eigenvalue weighted by Crippen LogP contribution is 2.43. The quantitative estimate of drug-likeness (QED) is 0.649. The number of aryl methyl sites for hydroxylation is 1. The summed E-state index contributed by atoms with van der Waals surface area (Å²) in [5.74, 6) is -0.958. The van der Waals surface area contributed by atoms with E-state index in [2.05, 4.69) is 6.07 Å². The molecule has 0 amide bonds. The molecule has 0 radical (unpaired) electrons. The predicted molar refractivity (Wildman–Crippen MR) is 101 cm³/mol. The molecule has 126 valence electrons. The highest BCUT2D eigenvalue weighted by Gasteiger charge is 2.30. The molecule has 0 aliphatic heterocycles. The molecule has 0 fully saturated rings. The van der Waals surface area contributed by atoms with Crippen LogP contribution in [-0.4, -0.2) is 15.6 Å². The minimum absolute atomic E-state index is 0.264.